The Morgan fingerprint density at radius 3 is 2.23 bits per heavy atom. The first kappa shape index (κ1) is 22.3. The third-order valence-electron chi connectivity index (χ3n) is 5.72. The summed E-state index contributed by atoms with van der Waals surface area (Å²) in [5.41, 5.74) is 0.820. The van der Waals surface area contributed by atoms with E-state index in [2.05, 4.69) is 19.1 Å². The lowest BCUT2D eigenvalue weighted by Crippen LogP contribution is -2.15. The molecule has 0 saturated heterocycles. The summed E-state index contributed by atoms with van der Waals surface area (Å²) in [6.07, 6.45) is 12.2. The SMILES string of the molecule is CCCCCC1C=CC(COc2ccc(-c3ccc(OCC)c(F)c3F)cc2)CC1. The maximum absolute atomic E-state index is 14.4. The highest BCUT2D eigenvalue weighted by Crippen LogP contribution is 2.31. The Bertz CT molecular complexity index is 830. The second-order valence-electron chi connectivity index (χ2n) is 7.99. The molecule has 0 aliphatic heterocycles. The van der Waals surface area contributed by atoms with Crippen LogP contribution in [0.3, 0.4) is 0 Å². The molecule has 0 N–H and O–H groups in total. The molecule has 1 aliphatic carbocycles. The van der Waals surface area contributed by atoms with E-state index in [0.29, 0.717) is 18.1 Å². The lowest BCUT2D eigenvalue weighted by atomic mass is 9.86. The molecule has 0 saturated carbocycles. The Morgan fingerprint density at radius 2 is 1.57 bits per heavy atom. The molecule has 0 heterocycles. The summed E-state index contributed by atoms with van der Waals surface area (Å²) >= 11 is 0. The predicted molar refractivity (Wildman–Crippen MR) is 118 cm³/mol. The van der Waals surface area contributed by atoms with Gasteiger partial charge in [-0.15, -0.1) is 0 Å². The number of hydrogen-bond donors (Lipinski definition) is 0. The summed E-state index contributed by atoms with van der Waals surface area (Å²) in [6, 6.07) is 10.1. The Balaban J connectivity index is 1.54. The smallest absolute Gasteiger partial charge is 0.201 e. The largest absolute Gasteiger partial charge is 0.493 e. The van der Waals surface area contributed by atoms with Crippen LogP contribution in [0.4, 0.5) is 8.78 Å². The number of allylic oxidation sites excluding steroid dienone is 1. The fourth-order valence-electron chi connectivity index (χ4n) is 3.93. The average molecular weight is 415 g/mol. The van der Waals surface area contributed by atoms with Crippen LogP contribution in [0.1, 0.15) is 52.4 Å². The Labute approximate surface area is 178 Å². The maximum atomic E-state index is 14.4. The monoisotopic (exact) mass is 414 g/mol. The quantitative estimate of drug-likeness (QED) is 0.295. The first-order chi connectivity index (χ1) is 14.6. The molecule has 0 fully saturated rings. The number of unbranched alkanes of at least 4 members (excludes halogenated alkanes) is 2. The third-order valence-corrected chi connectivity index (χ3v) is 5.72. The van der Waals surface area contributed by atoms with Crippen molar-refractivity contribution in [1.82, 2.24) is 0 Å². The van der Waals surface area contributed by atoms with Gasteiger partial charge in [0.05, 0.1) is 13.2 Å². The Morgan fingerprint density at radius 1 is 0.833 bits per heavy atom. The Kier molecular flexibility index (Phi) is 8.30. The van der Waals surface area contributed by atoms with E-state index in [-0.39, 0.29) is 17.9 Å². The van der Waals surface area contributed by atoms with Crippen molar-refractivity contribution in [3.8, 4) is 22.6 Å². The van der Waals surface area contributed by atoms with Crippen LogP contribution < -0.4 is 9.47 Å². The number of benzene rings is 2. The number of halogens is 2. The predicted octanol–water partition coefficient (Wildman–Crippen LogP) is 7.57. The third kappa shape index (κ3) is 5.84. The summed E-state index contributed by atoms with van der Waals surface area (Å²) in [7, 11) is 0. The van der Waals surface area contributed by atoms with Crippen molar-refractivity contribution < 1.29 is 18.3 Å². The van der Waals surface area contributed by atoms with Crippen molar-refractivity contribution in [3.63, 3.8) is 0 Å². The molecule has 2 aromatic carbocycles. The van der Waals surface area contributed by atoms with E-state index in [1.54, 1.807) is 25.1 Å². The molecule has 2 atom stereocenters. The second kappa shape index (κ2) is 11.1. The van der Waals surface area contributed by atoms with E-state index in [0.717, 1.165) is 18.1 Å². The van der Waals surface area contributed by atoms with Crippen LogP contribution in [0, 0.1) is 23.5 Å². The molecular formula is C26H32F2O2. The molecule has 2 unspecified atom stereocenters. The van der Waals surface area contributed by atoms with Gasteiger partial charge in [0, 0.05) is 11.5 Å². The van der Waals surface area contributed by atoms with Crippen LogP contribution in [0.15, 0.2) is 48.6 Å². The van der Waals surface area contributed by atoms with Gasteiger partial charge in [-0.3, -0.25) is 0 Å². The standard InChI is InChI=1S/C26H32F2O2/c1-3-5-6-7-19-8-10-20(11-9-19)18-30-22-14-12-21(13-15-22)23-16-17-24(29-4-2)26(28)25(23)27/h8,10,12-17,19-20H,3-7,9,11,18H2,1-2H3. The fraction of sp³-hybridized carbons (Fsp3) is 0.462. The minimum absolute atomic E-state index is 0.0631. The van der Waals surface area contributed by atoms with Gasteiger partial charge in [-0.1, -0.05) is 50.5 Å². The van der Waals surface area contributed by atoms with Crippen LogP contribution in [-0.4, -0.2) is 13.2 Å². The van der Waals surface area contributed by atoms with Crippen molar-refractivity contribution in [1.29, 1.82) is 0 Å². The van der Waals surface area contributed by atoms with E-state index in [4.69, 9.17) is 9.47 Å². The van der Waals surface area contributed by atoms with Gasteiger partial charge >= 0.3 is 0 Å². The topological polar surface area (TPSA) is 18.5 Å². The highest BCUT2D eigenvalue weighted by molar-refractivity contribution is 5.66. The van der Waals surface area contributed by atoms with Crippen molar-refractivity contribution in [2.24, 2.45) is 11.8 Å². The molecular weight excluding hydrogens is 382 g/mol. The zero-order chi connectivity index (χ0) is 21.3. The molecule has 0 bridgehead atoms. The molecule has 0 radical (unpaired) electrons. The minimum atomic E-state index is -0.952. The molecule has 0 spiro atoms. The molecule has 0 amide bonds. The molecule has 0 aromatic heterocycles. The maximum Gasteiger partial charge on any atom is 0.201 e. The number of ether oxygens (including phenoxy) is 2. The number of rotatable bonds is 10. The van der Waals surface area contributed by atoms with E-state index in [9.17, 15) is 8.78 Å². The highest BCUT2D eigenvalue weighted by Gasteiger charge is 2.17. The van der Waals surface area contributed by atoms with Crippen LogP contribution in [-0.2, 0) is 0 Å². The first-order valence-electron chi connectivity index (χ1n) is 11.1. The van der Waals surface area contributed by atoms with Crippen molar-refractivity contribution >= 4 is 0 Å². The van der Waals surface area contributed by atoms with Crippen LogP contribution in [0.2, 0.25) is 0 Å². The van der Waals surface area contributed by atoms with E-state index in [1.165, 1.54) is 38.2 Å². The zero-order valence-electron chi connectivity index (χ0n) is 18.0. The molecule has 4 heteroatoms. The van der Waals surface area contributed by atoms with Gasteiger partial charge in [0.1, 0.15) is 5.75 Å². The second-order valence-corrected chi connectivity index (χ2v) is 7.99. The Hall–Kier alpha value is -2.36. The molecule has 30 heavy (non-hydrogen) atoms. The van der Waals surface area contributed by atoms with E-state index >= 15 is 0 Å². The normalized spacial score (nSPS) is 18.4. The van der Waals surface area contributed by atoms with Gasteiger partial charge in [-0.05, 0) is 61.9 Å². The van der Waals surface area contributed by atoms with Gasteiger partial charge in [0.2, 0.25) is 5.82 Å². The highest BCUT2D eigenvalue weighted by atomic mass is 19.2. The summed E-state index contributed by atoms with van der Waals surface area (Å²) < 4.78 is 39.6. The van der Waals surface area contributed by atoms with E-state index in [1.807, 2.05) is 12.1 Å². The average Bonchev–Trinajstić information content (AvgIpc) is 2.77. The van der Waals surface area contributed by atoms with Crippen molar-refractivity contribution in [3.05, 3.63) is 60.2 Å². The van der Waals surface area contributed by atoms with Crippen LogP contribution >= 0.6 is 0 Å². The minimum Gasteiger partial charge on any atom is -0.493 e. The number of hydrogen-bond acceptors (Lipinski definition) is 2. The van der Waals surface area contributed by atoms with Crippen LogP contribution in [0.5, 0.6) is 11.5 Å². The molecule has 2 aromatic rings. The van der Waals surface area contributed by atoms with Gasteiger partial charge in [0.15, 0.2) is 11.6 Å². The fourth-order valence-corrected chi connectivity index (χ4v) is 3.93. The molecule has 1 aliphatic rings. The first-order valence-corrected chi connectivity index (χ1v) is 11.1. The van der Waals surface area contributed by atoms with Crippen molar-refractivity contribution in [2.45, 2.75) is 52.4 Å². The lowest BCUT2D eigenvalue weighted by molar-refractivity contribution is 0.254. The lowest BCUT2D eigenvalue weighted by Gasteiger charge is -2.23. The van der Waals surface area contributed by atoms with Gasteiger partial charge in [-0.2, -0.15) is 4.39 Å². The zero-order valence-corrected chi connectivity index (χ0v) is 18.0. The summed E-state index contributed by atoms with van der Waals surface area (Å²) in [5, 5.41) is 0. The van der Waals surface area contributed by atoms with Gasteiger partial charge < -0.3 is 9.47 Å². The molecule has 3 rings (SSSR count). The summed E-state index contributed by atoms with van der Waals surface area (Å²) in [6.45, 7) is 4.91. The van der Waals surface area contributed by atoms with Crippen molar-refractivity contribution in [2.75, 3.05) is 13.2 Å². The van der Waals surface area contributed by atoms with E-state index < -0.39 is 11.6 Å². The summed E-state index contributed by atoms with van der Waals surface area (Å²) in [5.74, 6) is -0.0145. The van der Waals surface area contributed by atoms with Crippen LogP contribution in [0.25, 0.3) is 11.1 Å². The van der Waals surface area contributed by atoms with Gasteiger partial charge in [0.25, 0.3) is 0 Å². The molecule has 2 nitrogen and oxygen atoms in total. The molecule has 162 valence electrons. The van der Waals surface area contributed by atoms with Gasteiger partial charge in [-0.25, -0.2) is 4.39 Å². The summed E-state index contributed by atoms with van der Waals surface area (Å²) in [4.78, 5) is 0.